The summed E-state index contributed by atoms with van der Waals surface area (Å²) >= 11 is 0. The van der Waals surface area contributed by atoms with Crippen molar-refractivity contribution in [1.82, 2.24) is 4.90 Å². The molecule has 1 saturated heterocycles. The normalized spacial score (nSPS) is 36.0. The van der Waals surface area contributed by atoms with E-state index in [1.807, 2.05) is 7.11 Å². The van der Waals surface area contributed by atoms with Crippen molar-refractivity contribution in [3.63, 3.8) is 0 Å². The highest BCUT2D eigenvalue weighted by Crippen LogP contribution is 2.37. The molecule has 2 fully saturated rings. The van der Waals surface area contributed by atoms with E-state index in [2.05, 4.69) is 18.7 Å². The zero-order valence-electron chi connectivity index (χ0n) is 11.6. The Bertz CT molecular complexity index is 247. The van der Waals surface area contributed by atoms with E-state index in [9.17, 15) is 0 Å². The Kier molecular flexibility index (Phi) is 4.11. The van der Waals surface area contributed by atoms with Crippen molar-refractivity contribution >= 4 is 0 Å². The predicted molar refractivity (Wildman–Crippen MR) is 71.0 cm³/mol. The number of methoxy groups -OCH3 is 1. The first-order chi connectivity index (χ1) is 8.02. The minimum Gasteiger partial charge on any atom is -0.381 e. The Morgan fingerprint density at radius 2 is 1.82 bits per heavy atom. The predicted octanol–water partition coefficient (Wildman–Crippen LogP) is 2.00. The number of nitrogens with two attached hydrogens (primary N) is 1. The van der Waals surface area contributed by atoms with Gasteiger partial charge >= 0.3 is 0 Å². The van der Waals surface area contributed by atoms with Crippen LogP contribution in [0.25, 0.3) is 0 Å². The summed E-state index contributed by atoms with van der Waals surface area (Å²) in [6.45, 7) is 7.08. The van der Waals surface area contributed by atoms with Gasteiger partial charge in [-0.2, -0.15) is 0 Å². The third kappa shape index (κ3) is 3.21. The summed E-state index contributed by atoms with van der Waals surface area (Å²) in [6.07, 6.45) is 6.52. The van der Waals surface area contributed by atoms with Crippen LogP contribution in [0.1, 0.15) is 46.0 Å². The van der Waals surface area contributed by atoms with E-state index in [1.165, 1.54) is 32.1 Å². The first-order valence-corrected chi connectivity index (χ1v) is 7.04. The number of hydrogen-bond acceptors (Lipinski definition) is 3. The molecule has 0 aromatic rings. The van der Waals surface area contributed by atoms with Crippen molar-refractivity contribution in [1.29, 1.82) is 0 Å². The second kappa shape index (κ2) is 5.25. The Labute approximate surface area is 106 Å². The second-order valence-electron chi connectivity index (χ2n) is 6.61. The number of likely N-dealkylation sites (tertiary alicyclic amines) is 1. The van der Waals surface area contributed by atoms with E-state index in [4.69, 9.17) is 10.5 Å². The van der Waals surface area contributed by atoms with Crippen molar-refractivity contribution in [2.24, 2.45) is 11.1 Å². The van der Waals surface area contributed by atoms with Gasteiger partial charge in [0.25, 0.3) is 0 Å². The van der Waals surface area contributed by atoms with Crippen LogP contribution in [0.3, 0.4) is 0 Å². The standard InChI is InChI=1S/C14H28N2O/c1-14(2)7-4-12(15)13(10-14)16-8-5-11(17-3)6-9-16/h11-13H,4-10,15H2,1-3H3. The fraction of sp³-hybridized carbons (Fsp3) is 1.00. The Hall–Kier alpha value is -0.120. The lowest BCUT2D eigenvalue weighted by molar-refractivity contribution is 0.00333. The lowest BCUT2D eigenvalue weighted by atomic mass is 9.72. The van der Waals surface area contributed by atoms with Crippen LogP contribution in [-0.2, 0) is 4.74 Å². The maximum absolute atomic E-state index is 6.33. The molecule has 2 rings (SSSR count). The monoisotopic (exact) mass is 240 g/mol. The molecule has 1 heterocycles. The number of rotatable bonds is 2. The molecule has 3 nitrogen and oxygen atoms in total. The lowest BCUT2D eigenvalue weighted by Gasteiger charge is -2.46. The van der Waals surface area contributed by atoms with Gasteiger partial charge in [-0.15, -0.1) is 0 Å². The topological polar surface area (TPSA) is 38.5 Å². The highest BCUT2D eigenvalue weighted by molar-refractivity contribution is 4.94. The molecule has 2 unspecified atom stereocenters. The third-order valence-corrected chi connectivity index (χ3v) is 4.69. The summed E-state index contributed by atoms with van der Waals surface area (Å²) in [6, 6.07) is 0.971. The first kappa shape index (κ1) is 13.3. The van der Waals surface area contributed by atoms with Gasteiger partial charge in [0.05, 0.1) is 6.10 Å². The van der Waals surface area contributed by atoms with E-state index >= 15 is 0 Å². The van der Waals surface area contributed by atoms with Crippen LogP contribution in [0, 0.1) is 5.41 Å². The summed E-state index contributed by atoms with van der Waals surface area (Å²) in [5.74, 6) is 0. The molecule has 1 aliphatic heterocycles. The summed E-state index contributed by atoms with van der Waals surface area (Å²) in [7, 11) is 1.83. The smallest absolute Gasteiger partial charge is 0.0595 e. The zero-order valence-corrected chi connectivity index (χ0v) is 11.6. The third-order valence-electron chi connectivity index (χ3n) is 4.69. The van der Waals surface area contributed by atoms with Crippen LogP contribution in [-0.4, -0.2) is 43.3 Å². The van der Waals surface area contributed by atoms with Crippen molar-refractivity contribution in [3.05, 3.63) is 0 Å². The number of piperidine rings is 1. The van der Waals surface area contributed by atoms with E-state index in [1.54, 1.807) is 0 Å². The van der Waals surface area contributed by atoms with Crippen LogP contribution in [0.15, 0.2) is 0 Å². The number of ether oxygens (including phenoxy) is 1. The summed E-state index contributed by atoms with van der Waals surface area (Å²) in [5, 5.41) is 0. The van der Waals surface area contributed by atoms with Gasteiger partial charge < -0.3 is 10.5 Å². The molecular formula is C14H28N2O. The zero-order chi connectivity index (χ0) is 12.5. The van der Waals surface area contributed by atoms with E-state index in [0.717, 1.165) is 13.1 Å². The molecule has 2 N–H and O–H groups in total. The molecule has 0 amide bonds. The van der Waals surface area contributed by atoms with Crippen molar-refractivity contribution < 1.29 is 4.74 Å². The van der Waals surface area contributed by atoms with Gasteiger partial charge in [0, 0.05) is 32.3 Å². The van der Waals surface area contributed by atoms with Gasteiger partial charge in [-0.05, 0) is 37.5 Å². The summed E-state index contributed by atoms with van der Waals surface area (Å²) in [5.41, 5.74) is 6.80. The molecular weight excluding hydrogens is 212 g/mol. The quantitative estimate of drug-likeness (QED) is 0.802. The van der Waals surface area contributed by atoms with Gasteiger partial charge in [0.2, 0.25) is 0 Å². The van der Waals surface area contributed by atoms with Crippen molar-refractivity contribution in [3.8, 4) is 0 Å². The van der Waals surface area contributed by atoms with Crippen LogP contribution < -0.4 is 5.73 Å². The summed E-state index contributed by atoms with van der Waals surface area (Å²) in [4.78, 5) is 2.61. The van der Waals surface area contributed by atoms with Gasteiger partial charge in [0.15, 0.2) is 0 Å². The van der Waals surface area contributed by atoms with E-state index in [-0.39, 0.29) is 0 Å². The molecule has 0 aromatic heterocycles. The second-order valence-corrected chi connectivity index (χ2v) is 6.61. The minimum atomic E-state index is 0.377. The highest BCUT2D eigenvalue weighted by atomic mass is 16.5. The van der Waals surface area contributed by atoms with Crippen LogP contribution in [0.4, 0.5) is 0 Å². The molecule has 17 heavy (non-hydrogen) atoms. The number of hydrogen-bond donors (Lipinski definition) is 1. The highest BCUT2D eigenvalue weighted by Gasteiger charge is 2.37. The maximum atomic E-state index is 6.33. The lowest BCUT2D eigenvalue weighted by Crippen LogP contribution is -2.55. The van der Waals surface area contributed by atoms with Crippen molar-refractivity contribution in [2.75, 3.05) is 20.2 Å². The number of nitrogens with zero attached hydrogens (tertiary/aromatic N) is 1. The van der Waals surface area contributed by atoms with E-state index < -0.39 is 0 Å². The van der Waals surface area contributed by atoms with E-state index in [0.29, 0.717) is 23.6 Å². The average Bonchev–Trinajstić information content (AvgIpc) is 2.33. The minimum absolute atomic E-state index is 0.377. The van der Waals surface area contributed by atoms with Gasteiger partial charge in [-0.1, -0.05) is 13.8 Å². The molecule has 1 aliphatic carbocycles. The molecule has 0 spiro atoms. The average molecular weight is 240 g/mol. The molecule has 2 aliphatic rings. The molecule has 0 bridgehead atoms. The molecule has 100 valence electrons. The van der Waals surface area contributed by atoms with Crippen LogP contribution in [0.5, 0.6) is 0 Å². The molecule has 3 heteroatoms. The van der Waals surface area contributed by atoms with Gasteiger partial charge in [-0.3, -0.25) is 4.90 Å². The molecule has 0 aromatic carbocycles. The van der Waals surface area contributed by atoms with Crippen LogP contribution in [0.2, 0.25) is 0 Å². The molecule has 1 saturated carbocycles. The molecule has 2 atom stereocenters. The Morgan fingerprint density at radius 1 is 1.18 bits per heavy atom. The fourth-order valence-electron chi connectivity index (χ4n) is 3.41. The summed E-state index contributed by atoms with van der Waals surface area (Å²) < 4.78 is 5.44. The SMILES string of the molecule is COC1CCN(C2CC(C)(C)CCC2N)CC1. The van der Waals surface area contributed by atoms with Gasteiger partial charge in [-0.25, -0.2) is 0 Å². The largest absolute Gasteiger partial charge is 0.381 e. The molecule has 0 radical (unpaired) electrons. The first-order valence-electron chi connectivity index (χ1n) is 7.04. The van der Waals surface area contributed by atoms with Crippen molar-refractivity contribution in [2.45, 2.75) is 64.1 Å². The van der Waals surface area contributed by atoms with Crippen LogP contribution >= 0.6 is 0 Å². The maximum Gasteiger partial charge on any atom is 0.0595 e. The fourth-order valence-corrected chi connectivity index (χ4v) is 3.41. The van der Waals surface area contributed by atoms with Gasteiger partial charge in [0.1, 0.15) is 0 Å². The Morgan fingerprint density at radius 3 is 2.41 bits per heavy atom. The Balaban J connectivity index is 1.92.